The number of nitrogens with one attached hydrogen (secondary N) is 1. The fourth-order valence-corrected chi connectivity index (χ4v) is 9.02. The molecular formula is C36H37N9O2. The number of likely N-dealkylation sites (tertiary alicyclic amines) is 1. The Morgan fingerprint density at radius 2 is 1.81 bits per heavy atom. The zero-order chi connectivity index (χ0) is 32.0. The van der Waals surface area contributed by atoms with Gasteiger partial charge in [0.25, 0.3) is 0 Å². The summed E-state index contributed by atoms with van der Waals surface area (Å²) in [6, 6.07) is 17.0. The van der Waals surface area contributed by atoms with Crippen LogP contribution in [0, 0.1) is 22.2 Å². The third kappa shape index (κ3) is 4.38. The van der Waals surface area contributed by atoms with E-state index in [1.54, 1.807) is 11.0 Å². The van der Waals surface area contributed by atoms with E-state index in [9.17, 15) is 14.9 Å². The summed E-state index contributed by atoms with van der Waals surface area (Å²) in [6.45, 7) is 3.70. The number of benzene rings is 2. The number of amides is 2. The number of hydrogen-bond donors (Lipinski definition) is 1. The maximum absolute atomic E-state index is 14.0. The monoisotopic (exact) mass is 627 g/mol. The molecular weight excluding hydrogens is 590 g/mol. The normalized spacial score (nSPS) is 28.4. The van der Waals surface area contributed by atoms with Gasteiger partial charge in [0, 0.05) is 55.3 Å². The van der Waals surface area contributed by atoms with Gasteiger partial charge in [0.15, 0.2) is 5.82 Å². The van der Waals surface area contributed by atoms with Crippen LogP contribution in [-0.4, -0.2) is 85.8 Å². The highest BCUT2D eigenvalue weighted by Crippen LogP contribution is 2.73. The van der Waals surface area contributed by atoms with Crippen LogP contribution < -0.4 is 4.90 Å². The number of rotatable bonds is 6. The molecule has 10 rings (SSSR count). The first-order valence-corrected chi connectivity index (χ1v) is 16.7. The van der Waals surface area contributed by atoms with Gasteiger partial charge in [-0.1, -0.05) is 30.3 Å². The molecule has 4 aromatic rings. The van der Waals surface area contributed by atoms with Crippen molar-refractivity contribution in [2.24, 2.45) is 17.9 Å². The Bertz CT molecular complexity index is 2000. The summed E-state index contributed by atoms with van der Waals surface area (Å²) >= 11 is 0. The summed E-state index contributed by atoms with van der Waals surface area (Å²) in [5.74, 6) is 1.01. The van der Waals surface area contributed by atoms with Crippen molar-refractivity contribution < 1.29 is 9.59 Å². The van der Waals surface area contributed by atoms with Gasteiger partial charge in [-0.15, -0.1) is 0 Å². The van der Waals surface area contributed by atoms with Gasteiger partial charge >= 0.3 is 0 Å². The minimum atomic E-state index is -0.437. The van der Waals surface area contributed by atoms with Crippen molar-refractivity contribution in [3.05, 3.63) is 66.1 Å². The largest absolute Gasteiger partial charge is 0.338 e. The van der Waals surface area contributed by atoms with Crippen LogP contribution >= 0.6 is 0 Å². The van der Waals surface area contributed by atoms with Gasteiger partial charge in [0.1, 0.15) is 6.33 Å². The number of carbonyl (C=O) groups is 2. The molecule has 2 amide bonds. The van der Waals surface area contributed by atoms with Crippen LogP contribution in [0.5, 0.6) is 0 Å². The fraction of sp³-hybridized carbons (Fsp3) is 0.444. The molecule has 2 bridgehead atoms. The molecule has 3 saturated carbocycles. The van der Waals surface area contributed by atoms with Crippen LogP contribution in [0.15, 0.2) is 54.9 Å². The average Bonchev–Trinajstić information content (AvgIpc) is 3.84. The molecule has 11 heteroatoms. The molecule has 47 heavy (non-hydrogen) atoms. The lowest BCUT2D eigenvalue weighted by Gasteiger charge is -2.66. The topological polar surface area (TPSA) is 127 Å². The highest BCUT2D eigenvalue weighted by Gasteiger charge is 2.70. The molecule has 1 atom stereocenters. The summed E-state index contributed by atoms with van der Waals surface area (Å²) in [5, 5.41) is 22.8. The van der Waals surface area contributed by atoms with Crippen molar-refractivity contribution in [2.45, 2.75) is 43.9 Å². The number of aryl methyl sites for hydroxylation is 1. The van der Waals surface area contributed by atoms with Gasteiger partial charge in [-0.2, -0.15) is 15.5 Å². The minimum Gasteiger partial charge on any atom is -0.338 e. The van der Waals surface area contributed by atoms with Crippen LogP contribution in [0.1, 0.15) is 49.8 Å². The van der Waals surface area contributed by atoms with E-state index >= 15 is 0 Å². The van der Waals surface area contributed by atoms with E-state index in [0.717, 1.165) is 78.5 Å². The average molecular weight is 628 g/mol. The lowest BCUT2D eigenvalue weighted by atomic mass is 9.34. The highest BCUT2D eigenvalue weighted by molar-refractivity contribution is 6.02. The summed E-state index contributed by atoms with van der Waals surface area (Å²) in [7, 11) is 1.86. The van der Waals surface area contributed by atoms with Gasteiger partial charge < -0.3 is 9.80 Å². The summed E-state index contributed by atoms with van der Waals surface area (Å²) < 4.78 is 1.70. The highest BCUT2D eigenvalue weighted by atomic mass is 16.2. The summed E-state index contributed by atoms with van der Waals surface area (Å²) in [5.41, 5.74) is 5.77. The number of aromatic amines is 1. The molecule has 2 aromatic carbocycles. The molecule has 1 N–H and O–H groups in total. The lowest BCUT2D eigenvalue weighted by molar-refractivity contribution is -0.132. The van der Waals surface area contributed by atoms with E-state index in [0.29, 0.717) is 38.5 Å². The summed E-state index contributed by atoms with van der Waals surface area (Å²) in [6.07, 6.45) is 8.90. The van der Waals surface area contributed by atoms with Crippen molar-refractivity contribution in [1.29, 1.82) is 5.26 Å². The van der Waals surface area contributed by atoms with Crippen LogP contribution in [-0.2, 0) is 22.1 Å². The number of aromatic nitrogens is 5. The Labute approximate surface area is 272 Å². The lowest BCUT2D eigenvalue weighted by Crippen LogP contribution is -2.63. The SMILES string of the molecule is Cn1cnc(-c2ccc(C3=CCN(C(=O)CN4CCC5(CCN(c6ccc7[nH]nc(C89CC(C#N)(C8)C9)c7c6)C5=O)C4)CC3)cc2)n1. The molecule has 1 spiro atoms. The van der Waals surface area contributed by atoms with Crippen molar-refractivity contribution in [1.82, 2.24) is 34.8 Å². The first-order chi connectivity index (χ1) is 22.8. The van der Waals surface area contributed by atoms with E-state index in [-0.39, 0.29) is 22.6 Å². The molecule has 5 fully saturated rings. The predicted molar refractivity (Wildman–Crippen MR) is 176 cm³/mol. The van der Waals surface area contributed by atoms with Crippen molar-refractivity contribution >= 4 is 34.0 Å². The second kappa shape index (κ2) is 10.1. The molecule has 6 aliphatic rings. The maximum Gasteiger partial charge on any atom is 0.237 e. The Morgan fingerprint density at radius 1 is 1.02 bits per heavy atom. The van der Waals surface area contributed by atoms with E-state index in [4.69, 9.17) is 0 Å². The Balaban J connectivity index is 0.825. The molecule has 5 heterocycles. The molecule has 1 unspecified atom stereocenters. The van der Waals surface area contributed by atoms with Gasteiger partial charge in [-0.25, -0.2) is 4.98 Å². The van der Waals surface area contributed by atoms with E-state index in [2.05, 4.69) is 55.5 Å². The fourth-order valence-electron chi connectivity index (χ4n) is 9.02. The van der Waals surface area contributed by atoms with Gasteiger partial charge in [0.05, 0.1) is 34.7 Å². The number of nitrogens with zero attached hydrogens (tertiary/aromatic N) is 8. The predicted octanol–water partition coefficient (Wildman–Crippen LogP) is 4.05. The molecule has 238 valence electrons. The van der Waals surface area contributed by atoms with E-state index in [1.165, 1.54) is 5.57 Å². The number of hydrogen-bond acceptors (Lipinski definition) is 7. The number of fused-ring (bicyclic) bond motifs is 1. The molecule has 0 radical (unpaired) electrons. The minimum absolute atomic E-state index is 0.0109. The smallest absolute Gasteiger partial charge is 0.237 e. The van der Waals surface area contributed by atoms with E-state index in [1.807, 2.05) is 41.1 Å². The Kier molecular flexibility index (Phi) is 6.10. The Hall–Kier alpha value is -4.82. The second-order valence-electron chi connectivity index (χ2n) is 14.6. The quantitative estimate of drug-likeness (QED) is 0.342. The summed E-state index contributed by atoms with van der Waals surface area (Å²) in [4.78, 5) is 37.7. The van der Waals surface area contributed by atoms with Crippen LogP contribution in [0.4, 0.5) is 5.69 Å². The molecule has 2 aromatic heterocycles. The third-order valence-electron chi connectivity index (χ3n) is 11.6. The van der Waals surface area contributed by atoms with Crippen LogP contribution in [0.3, 0.4) is 0 Å². The van der Waals surface area contributed by atoms with Gasteiger partial charge in [-0.3, -0.25) is 24.3 Å². The van der Waals surface area contributed by atoms with Crippen molar-refractivity contribution in [3.63, 3.8) is 0 Å². The maximum atomic E-state index is 14.0. The van der Waals surface area contributed by atoms with Crippen LogP contribution in [0.25, 0.3) is 27.9 Å². The molecule has 3 aliphatic carbocycles. The molecule has 2 saturated heterocycles. The number of carbonyl (C=O) groups excluding carboxylic acids is 2. The van der Waals surface area contributed by atoms with Gasteiger partial charge in [0.2, 0.25) is 11.8 Å². The number of anilines is 1. The second-order valence-corrected chi connectivity index (χ2v) is 14.6. The van der Waals surface area contributed by atoms with Crippen molar-refractivity contribution in [2.75, 3.05) is 44.2 Å². The number of H-pyrrole nitrogens is 1. The zero-order valence-corrected chi connectivity index (χ0v) is 26.6. The first kappa shape index (κ1) is 28.4. The zero-order valence-electron chi connectivity index (χ0n) is 26.6. The van der Waals surface area contributed by atoms with Crippen LogP contribution in [0.2, 0.25) is 0 Å². The standard InChI is InChI=1S/C36H37N9O2/c1-42-23-38-32(41-42)26-4-2-24(3-5-26)25-8-12-44(13-9-25)30(46)17-43-14-10-35(22-43)11-15-45(33(35)47)27-6-7-29-28(16-27)31(40-39-29)36-18-34(19-36,20-36)21-37/h2-8,16,23H,9-15,17-20,22H2,1H3,(H,39,40). The number of nitriles is 1. The molecule has 11 nitrogen and oxygen atoms in total. The first-order valence-electron chi connectivity index (χ1n) is 16.7. The molecule has 3 aliphatic heterocycles. The van der Waals surface area contributed by atoms with Gasteiger partial charge in [-0.05, 0) is 74.4 Å². The van der Waals surface area contributed by atoms with E-state index < -0.39 is 5.41 Å². The van der Waals surface area contributed by atoms with Crippen molar-refractivity contribution in [3.8, 4) is 17.5 Å². The third-order valence-corrected chi connectivity index (χ3v) is 11.6. The Morgan fingerprint density at radius 3 is 2.53 bits per heavy atom.